The first kappa shape index (κ1) is 17.4. The number of aryl methyl sites for hydroxylation is 1. The zero-order valence-electron chi connectivity index (χ0n) is 14.5. The number of hydrogen-bond donors (Lipinski definition) is 0. The standard InChI is InChI=1S/C21H24N2O2/c22-15-17-10-6-14-23(17)21(25)19-12-5-11-18(19)20(24)13-4-9-16-7-2-1-3-8-16/h1-3,7-8,11,17,19H,4-6,9-10,12-14H2/t17-,19?/m0/s1. The molecule has 0 spiro atoms. The van der Waals surface area contributed by atoms with Crippen molar-refractivity contribution < 1.29 is 9.59 Å². The third-order valence-corrected chi connectivity index (χ3v) is 5.21. The van der Waals surface area contributed by atoms with Gasteiger partial charge in [-0.2, -0.15) is 5.26 Å². The Morgan fingerprint density at radius 3 is 2.76 bits per heavy atom. The molecule has 0 radical (unpaired) electrons. The van der Waals surface area contributed by atoms with Gasteiger partial charge in [0.2, 0.25) is 5.91 Å². The first-order chi connectivity index (χ1) is 12.2. The summed E-state index contributed by atoms with van der Waals surface area (Å²) >= 11 is 0. The Bertz CT molecular complexity index is 702. The molecule has 0 bridgehead atoms. The summed E-state index contributed by atoms with van der Waals surface area (Å²) in [5, 5.41) is 9.20. The Morgan fingerprint density at radius 1 is 1.20 bits per heavy atom. The van der Waals surface area contributed by atoms with E-state index < -0.39 is 0 Å². The summed E-state index contributed by atoms with van der Waals surface area (Å²) in [4.78, 5) is 27.1. The van der Waals surface area contributed by atoms with Gasteiger partial charge in [-0.3, -0.25) is 9.59 Å². The van der Waals surface area contributed by atoms with Crippen molar-refractivity contribution in [2.24, 2.45) is 5.92 Å². The number of benzene rings is 1. The van der Waals surface area contributed by atoms with E-state index in [1.807, 2.05) is 24.3 Å². The average Bonchev–Trinajstić information content (AvgIpc) is 3.31. The Kier molecular flexibility index (Phi) is 5.65. The molecule has 0 aromatic heterocycles. The lowest BCUT2D eigenvalue weighted by Crippen LogP contribution is -2.39. The molecule has 130 valence electrons. The lowest BCUT2D eigenvalue weighted by molar-refractivity contribution is -0.135. The number of ketones is 1. The third kappa shape index (κ3) is 3.99. The van der Waals surface area contributed by atoms with Crippen LogP contribution in [0.25, 0.3) is 0 Å². The third-order valence-electron chi connectivity index (χ3n) is 5.21. The van der Waals surface area contributed by atoms with Crippen LogP contribution in [-0.2, 0) is 16.0 Å². The van der Waals surface area contributed by atoms with Gasteiger partial charge in [0.1, 0.15) is 6.04 Å². The minimum atomic E-state index is -0.335. The summed E-state index contributed by atoms with van der Waals surface area (Å²) in [5.41, 5.74) is 1.92. The van der Waals surface area contributed by atoms with Crippen molar-refractivity contribution in [3.63, 3.8) is 0 Å². The van der Waals surface area contributed by atoms with E-state index >= 15 is 0 Å². The van der Waals surface area contributed by atoms with Crippen molar-refractivity contribution in [3.05, 3.63) is 47.5 Å². The van der Waals surface area contributed by atoms with Crippen LogP contribution in [0.3, 0.4) is 0 Å². The Labute approximate surface area is 149 Å². The van der Waals surface area contributed by atoms with Gasteiger partial charge in [-0.05, 0) is 44.1 Å². The van der Waals surface area contributed by atoms with Gasteiger partial charge in [0, 0.05) is 18.5 Å². The number of amides is 1. The first-order valence-corrected chi connectivity index (χ1v) is 9.18. The van der Waals surface area contributed by atoms with Crippen molar-refractivity contribution in [2.45, 2.75) is 51.0 Å². The molecular weight excluding hydrogens is 312 g/mol. The minimum Gasteiger partial charge on any atom is -0.326 e. The molecule has 1 aromatic carbocycles. The van der Waals surface area contributed by atoms with E-state index in [2.05, 4.69) is 18.2 Å². The Morgan fingerprint density at radius 2 is 2.00 bits per heavy atom. The highest BCUT2D eigenvalue weighted by Crippen LogP contribution is 2.32. The zero-order valence-corrected chi connectivity index (χ0v) is 14.5. The number of rotatable bonds is 6. The molecule has 25 heavy (non-hydrogen) atoms. The lowest BCUT2D eigenvalue weighted by Gasteiger charge is -2.24. The fourth-order valence-corrected chi connectivity index (χ4v) is 3.87. The van der Waals surface area contributed by atoms with Crippen molar-refractivity contribution in [2.75, 3.05) is 6.54 Å². The van der Waals surface area contributed by atoms with Crippen molar-refractivity contribution in [1.82, 2.24) is 4.90 Å². The molecule has 4 heteroatoms. The molecule has 1 saturated heterocycles. The Hall–Kier alpha value is -2.41. The number of likely N-dealkylation sites (tertiary alicyclic amines) is 1. The van der Waals surface area contributed by atoms with Crippen LogP contribution in [0, 0.1) is 17.2 Å². The molecule has 1 heterocycles. The largest absolute Gasteiger partial charge is 0.326 e. The molecule has 1 aliphatic carbocycles. The summed E-state index contributed by atoms with van der Waals surface area (Å²) in [7, 11) is 0. The minimum absolute atomic E-state index is 0.0239. The van der Waals surface area contributed by atoms with Crippen LogP contribution in [0.4, 0.5) is 0 Å². The number of hydrogen-bond acceptors (Lipinski definition) is 3. The van der Waals surface area contributed by atoms with E-state index in [0.717, 1.165) is 32.1 Å². The molecule has 4 nitrogen and oxygen atoms in total. The molecule has 0 saturated carbocycles. The van der Waals surface area contributed by atoms with Crippen molar-refractivity contribution in [3.8, 4) is 6.07 Å². The van der Waals surface area contributed by atoms with Crippen LogP contribution in [0.1, 0.15) is 44.1 Å². The summed E-state index contributed by atoms with van der Waals surface area (Å²) in [6.07, 6.45) is 7.19. The van der Waals surface area contributed by atoms with E-state index in [-0.39, 0.29) is 23.7 Å². The van der Waals surface area contributed by atoms with E-state index in [1.165, 1.54) is 5.56 Å². The molecule has 1 fully saturated rings. The summed E-state index contributed by atoms with van der Waals surface area (Å²) in [6, 6.07) is 12.0. The predicted octanol–water partition coefficient (Wildman–Crippen LogP) is 3.43. The Balaban J connectivity index is 1.56. The van der Waals surface area contributed by atoms with Crippen LogP contribution < -0.4 is 0 Å². The second kappa shape index (κ2) is 8.11. The highest BCUT2D eigenvalue weighted by Gasteiger charge is 2.37. The molecular formula is C21H24N2O2. The molecule has 0 N–H and O–H groups in total. The maximum Gasteiger partial charge on any atom is 0.231 e. The number of carbonyl (C=O) groups is 2. The van der Waals surface area contributed by atoms with Gasteiger partial charge in [0.05, 0.1) is 12.0 Å². The molecule has 2 atom stereocenters. The summed E-state index contributed by atoms with van der Waals surface area (Å²) < 4.78 is 0. The number of nitrogens with zero attached hydrogens (tertiary/aromatic N) is 2. The topological polar surface area (TPSA) is 61.2 Å². The normalized spacial score (nSPS) is 22.5. The van der Waals surface area contributed by atoms with E-state index in [9.17, 15) is 14.9 Å². The second-order valence-electron chi connectivity index (χ2n) is 6.87. The van der Waals surface area contributed by atoms with Crippen LogP contribution in [0.5, 0.6) is 0 Å². The van der Waals surface area contributed by atoms with Gasteiger partial charge >= 0.3 is 0 Å². The molecule has 1 unspecified atom stereocenters. The van der Waals surface area contributed by atoms with E-state index in [4.69, 9.17) is 0 Å². The lowest BCUT2D eigenvalue weighted by atomic mass is 9.93. The fourth-order valence-electron chi connectivity index (χ4n) is 3.87. The zero-order chi connectivity index (χ0) is 17.6. The van der Waals surface area contributed by atoms with Crippen molar-refractivity contribution in [1.29, 1.82) is 5.26 Å². The van der Waals surface area contributed by atoms with E-state index in [0.29, 0.717) is 25.0 Å². The maximum atomic E-state index is 12.8. The number of Topliss-reactive ketones (excluding diaryl/α,β-unsaturated/α-hetero) is 1. The second-order valence-corrected chi connectivity index (χ2v) is 6.87. The van der Waals surface area contributed by atoms with Crippen molar-refractivity contribution >= 4 is 11.7 Å². The number of allylic oxidation sites excluding steroid dienone is 1. The fraction of sp³-hybridized carbons (Fsp3) is 0.476. The van der Waals surface area contributed by atoms with Crippen LogP contribution in [0.2, 0.25) is 0 Å². The summed E-state index contributed by atoms with van der Waals surface area (Å²) in [5.74, 6) is -0.262. The van der Waals surface area contributed by atoms with Crippen LogP contribution in [0.15, 0.2) is 42.0 Å². The average molecular weight is 336 g/mol. The molecule has 3 rings (SSSR count). The monoisotopic (exact) mass is 336 g/mol. The van der Waals surface area contributed by atoms with Gasteiger partial charge in [0.25, 0.3) is 0 Å². The molecule has 1 aromatic rings. The van der Waals surface area contributed by atoms with Gasteiger partial charge in [0.15, 0.2) is 5.78 Å². The highest BCUT2D eigenvalue weighted by atomic mass is 16.2. The number of nitriles is 1. The quantitative estimate of drug-likeness (QED) is 0.799. The van der Waals surface area contributed by atoms with Gasteiger partial charge in [-0.1, -0.05) is 36.4 Å². The maximum absolute atomic E-state index is 12.8. The van der Waals surface area contributed by atoms with Gasteiger partial charge in [-0.15, -0.1) is 0 Å². The smallest absolute Gasteiger partial charge is 0.231 e. The van der Waals surface area contributed by atoms with Gasteiger partial charge in [-0.25, -0.2) is 0 Å². The highest BCUT2D eigenvalue weighted by molar-refractivity contribution is 6.02. The van der Waals surface area contributed by atoms with Crippen LogP contribution >= 0.6 is 0 Å². The molecule has 2 aliphatic rings. The molecule has 1 amide bonds. The first-order valence-electron chi connectivity index (χ1n) is 9.18. The van der Waals surface area contributed by atoms with Gasteiger partial charge < -0.3 is 4.90 Å². The van der Waals surface area contributed by atoms with E-state index in [1.54, 1.807) is 4.90 Å². The number of carbonyl (C=O) groups excluding carboxylic acids is 2. The predicted molar refractivity (Wildman–Crippen MR) is 95.5 cm³/mol. The summed E-state index contributed by atoms with van der Waals surface area (Å²) in [6.45, 7) is 0.642. The van der Waals surface area contributed by atoms with Crippen LogP contribution in [-0.4, -0.2) is 29.2 Å². The molecule has 1 aliphatic heterocycles. The SMILES string of the molecule is N#C[C@@H]1CCCN1C(=O)C1CCC=C1C(=O)CCCc1ccccc1.